The highest BCUT2D eigenvalue weighted by Gasteiger charge is 2.17. The molecule has 0 bridgehead atoms. The summed E-state index contributed by atoms with van der Waals surface area (Å²) in [7, 11) is 0. The first-order chi connectivity index (χ1) is 20.0. The fourth-order valence-corrected chi connectivity index (χ4v) is 5.68. The SMILES string of the molecule is C=C/C(N)=C\C(=C/C)c1cc2c(-c3cc4c(-c5cc(F)cc(CCCN6CCCC6)c5)nccc4[nH]3)n[nH]c2cn1. The van der Waals surface area contributed by atoms with Gasteiger partial charge in [-0.25, -0.2) is 4.39 Å². The average Bonchev–Trinajstić information content (AvgIpc) is 3.74. The number of halogens is 1. The topological polar surface area (TPSA) is 99.5 Å². The van der Waals surface area contributed by atoms with Crippen LogP contribution in [0.25, 0.3) is 50.0 Å². The summed E-state index contributed by atoms with van der Waals surface area (Å²) in [5, 5.41) is 9.53. The standard InChI is InChI=1S/C33H34FN7/c1-3-22(17-25(35)4-2)29-18-27-31(20-37-29)39-40-33(27)30-19-26-28(38-30)9-10-36-32(26)23-14-21(15-24(34)16-23)8-7-13-41-11-5-6-12-41/h3-4,9-10,14-20,38H,2,5-8,11-13,35H2,1H3,(H,39,40)/b22-3+,25-17+. The second kappa shape index (κ2) is 11.5. The van der Waals surface area contributed by atoms with Crippen LogP contribution >= 0.6 is 0 Å². The molecule has 0 amide bonds. The highest BCUT2D eigenvalue weighted by molar-refractivity contribution is 6.00. The third-order valence-electron chi connectivity index (χ3n) is 7.78. The van der Waals surface area contributed by atoms with E-state index in [0.717, 1.165) is 80.7 Å². The fourth-order valence-electron chi connectivity index (χ4n) is 5.68. The summed E-state index contributed by atoms with van der Waals surface area (Å²) < 4.78 is 14.8. The van der Waals surface area contributed by atoms with Crippen LogP contribution in [0.15, 0.2) is 79.3 Å². The molecule has 0 spiro atoms. The molecular weight excluding hydrogens is 513 g/mol. The highest BCUT2D eigenvalue weighted by Crippen LogP contribution is 2.34. The first-order valence-electron chi connectivity index (χ1n) is 14.1. The number of likely N-dealkylation sites (tertiary alicyclic amines) is 1. The number of rotatable bonds is 9. The summed E-state index contributed by atoms with van der Waals surface area (Å²) in [5.74, 6) is -0.238. The Bertz CT molecular complexity index is 1790. The smallest absolute Gasteiger partial charge is 0.124 e. The predicted molar refractivity (Wildman–Crippen MR) is 164 cm³/mol. The zero-order chi connectivity index (χ0) is 28.3. The summed E-state index contributed by atoms with van der Waals surface area (Å²) in [4.78, 5) is 15.3. The largest absolute Gasteiger partial charge is 0.399 e. The Morgan fingerprint density at radius 2 is 1.90 bits per heavy atom. The first-order valence-corrected chi connectivity index (χ1v) is 14.1. The van der Waals surface area contributed by atoms with Crippen LogP contribution in [0.2, 0.25) is 0 Å². The van der Waals surface area contributed by atoms with Crippen molar-refractivity contribution in [2.75, 3.05) is 19.6 Å². The zero-order valence-electron chi connectivity index (χ0n) is 23.3. The maximum absolute atomic E-state index is 14.8. The van der Waals surface area contributed by atoms with E-state index in [-0.39, 0.29) is 5.82 Å². The highest BCUT2D eigenvalue weighted by atomic mass is 19.1. The van der Waals surface area contributed by atoms with Gasteiger partial charge in [-0.2, -0.15) is 5.10 Å². The Hall–Kier alpha value is -4.56. The van der Waals surface area contributed by atoms with Gasteiger partial charge in [-0.15, -0.1) is 0 Å². The van der Waals surface area contributed by atoms with Crippen LogP contribution in [0.5, 0.6) is 0 Å². The molecule has 1 aliphatic heterocycles. The Balaban J connectivity index is 1.34. The number of hydrogen-bond donors (Lipinski definition) is 3. The number of H-pyrrole nitrogens is 2. The molecule has 5 heterocycles. The van der Waals surface area contributed by atoms with Crippen molar-refractivity contribution in [3.8, 4) is 22.6 Å². The molecule has 0 unspecified atom stereocenters. The van der Waals surface area contributed by atoms with Gasteiger partial charge in [0.05, 0.1) is 28.8 Å². The van der Waals surface area contributed by atoms with Crippen molar-refractivity contribution in [3.05, 3.63) is 96.4 Å². The van der Waals surface area contributed by atoms with Crippen molar-refractivity contribution in [2.24, 2.45) is 5.73 Å². The number of hydrogen-bond acceptors (Lipinski definition) is 5. The number of aromatic nitrogens is 5. The van der Waals surface area contributed by atoms with Crippen LogP contribution in [-0.2, 0) is 6.42 Å². The maximum atomic E-state index is 14.8. The predicted octanol–water partition coefficient (Wildman–Crippen LogP) is 6.77. The Kier molecular flexibility index (Phi) is 7.48. The van der Waals surface area contributed by atoms with E-state index in [1.807, 2.05) is 37.3 Å². The van der Waals surface area contributed by atoms with Crippen LogP contribution in [0.4, 0.5) is 4.39 Å². The van der Waals surface area contributed by atoms with Crippen molar-refractivity contribution in [2.45, 2.75) is 32.6 Å². The third-order valence-corrected chi connectivity index (χ3v) is 7.78. The lowest BCUT2D eigenvalue weighted by Crippen LogP contribution is -2.20. The van der Waals surface area contributed by atoms with Gasteiger partial charge < -0.3 is 15.6 Å². The zero-order valence-corrected chi connectivity index (χ0v) is 23.3. The molecule has 0 radical (unpaired) electrons. The number of aryl methyl sites for hydroxylation is 1. The number of nitrogens with zero attached hydrogens (tertiary/aromatic N) is 4. The van der Waals surface area contributed by atoms with Gasteiger partial charge in [0.25, 0.3) is 0 Å². The summed E-state index contributed by atoms with van der Waals surface area (Å²) in [5.41, 5.74) is 14.1. The van der Waals surface area contributed by atoms with Gasteiger partial charge in [-0.05, 0) is 112 Å². The van der Waals surface area contributed by atoms with Gasteiger partial charge >= 0.3 is 0 Å². The fraction of sp³-hybridized carbons (Fsp3) is 0.242. The molecule has 0 atom stereocenters. The Morgan fingerprint density at radius 1 is 1.07 bits per heavy atom. The lowest BCUT2D eigenvalue weighted by molar-refractivity contribution is 0.334. The van der Waals surface area contributed by atoms with E-state index in [0.29, 0.717) is 5.70 Å². The van der Waals surface area contributed by atoms with Crippen LogP contribution in [0.3, 0.4) is 0 Å². The van der Waals surface area contributed by atoms with Gasteiger partial charge in [0, 0.05) is 33.7 Å². The number of pyridine rings is 2. The van der Waals surface area contributed by atoms with E-state index in [4.69, 9.17) is 5.73 Å². The molecule has 0 saturated carbocycles. The maximum Gasteiger partial charge on any atom is 0.124 e. The number of benzene rings is 1. The van der Waals surface area contributed by atoms with Crippen LogP contribution in [0, 0.1) is 5.82 Å². The Labute approximate surface area is 238 Å². The molecule has 6 rings (SSSR count). The Morgan fingerprint density at radius 3 is 2.71 bits per heavy atom. The van der Waals surface area contributed by atoms with Crippen molar-refractivity contribution in [3.63, 3.8) is 0 Å². The van der Waals surface area contributed by atoms with E-state index in [1.165, 1.54) is 25.9 Å². The van der Waals surface area contributed by atoms with Crippen molar-refractivity contribution in [1.29, 1.82) is 0 Å². The molecule has 208 valence electrons. The molecule has 7 nitrogen and oxygen atoms in total. The quantitative estimate of drug-likeness (QED) is 0.177. The summed E-state index contributed by atoms with van der Waals surface area (Å²) in [6.45, 7) is 9.10. The lowest BCUT2D eigenvalue weighted by atomic mass is 10.0. The molecule has 4 N–H and O–H groups in total. The van der Waals surface area contributed by atoms with E-state index in [1.54, 1.807) is 30.6 Å². The summed E-state index contributed by atoms with van der Waals surface area (Å²) >= 11 is 0. The third kappa shape index (κ3) is 5.56. The molecule has 4 aromatic heterocycles. The molecule has 41 heavy (non-hydrogen) atoms. The molecule has 1 aliphatic rings. The number of allylic oxidation sites excluding steroid dienone is 4. The average molecular weight is 548 g/mol. The van der Waals surface area contributed by atoms with Crippen molar-refractivity contribution < 1.29 is 4.39 Å². The lowest BCUT2D eigenvalue weighted by Gasteiger charge is -2.14. The molecular formula is C33H34FN7. The molecule has 8 heteroatoms. The number of aromatic amines is 2. The molecule has 0 aliphatic carbocycles. The van der Waals surface area contributed by atoms with Crippen molar-refractivity contribution >= 4 is 27.4 Å². The number of fused-ring (bicyclic) bond motifs is 2. The normalized spacial score (nSPS) is 14.9. The second-order valence-corrected chi connectivity index (χ2v) is 10.6. The summed E-state index contributed by atoms with van der Waals surface area (Å²) in [6, 6.07) is 11.3. The van der Waals surface area contributed by atoms with E-state index in [9.17, 15) is 4.39 Å². The molecule has 1 aromatic carbocycles. The number of nitrogens with one attached hydrogen (secondary N) is 2. The van der Waals surface area contributed by atoms with E-state index < -0.39 is 0 Å². The van der Waals surface area contributed by atoms with Gasteiger partial charge in [0.15, 0.2) is 0 Å². The first kappa shape index (κ1) is 26.7. The van der Waals surface area contributed by atoms with Gasteiger partial charge in [-0.1, -0.05) is 12.7 Å². The molecule has 1 fully saturated rings. The van der Waals surface area contributed by atoms with Crippen molar-refractivity contribution in [1.82, 2.24) is 30.0 Å². The van der Waals surface area contributed by atoms with Gasteiger partial charge in [-0.3, -0.25) is 15.1 Å². The van der Waals surface area contributed by atoms with E-state index in [2.05, 4.69) is 42.7 Å². The van der Waals surface area contributed by atoms with Gasteiger partial charge in [0.1, 0.15) is 11.5 Å². The molecule has 5 aromatic rings. The van der Waals surface area contributed by atoms with Crippen LogP contribution < -0.4 is 5.73 Å². The minimum Gasteiger partial charge on any atom is -0.399 e. The molecule has 1 saturated heterocycles. The summed E-state index contributed by atoms with van der Waals surface area (Å²) in [6.07, 6.45) is 13.4. The number of nitrogens with two attached hydrogens (primary N) is 1. The minimum absolute atomic E-state index is 0.238. The van der Waals surface area contributed by atoms with Gasteiger partial charge in [0.2, 0.25) is 0 Å². The van der Waals surface area contributed by atoms with Crippen LogP contribution in [0.1, 0.15) is 37.4 Å². The van der Waals surface area contributed by atoms with E-state index >= 15 is 0 Å². The monoisotopic (exact) mass is 547 g/mol. The second-order valence-electron chi connectivity index (χ2n) is 10.6. The van der Waals surface area contributed by atoms with Crippen LogP contribution in [-0.4, -0.2) is 49.7 Å². The minimum atomic E-state index is -0.238.